The molecule has 0 saturated heterocycles. The molecule has 2 N–H and O–H groups in total. The third-order valence-corrected chi connectivity index (χ3v) is 5.42. The molecule has 34 heavy (non-hydrogen) atoms. The summed E-state index contributed by atoms with van der Waals surface area (Å²) < 4.78 is 5.69. The number of carbonyl (C=O) groups excluding carboxylic acids is 1. The van der Waals surface area contributed by atoms with Crippen molar-refractivity contribution in [1.82, 2.24) is 15.3 Å². The van der Waals surface area contributed by atoms with Gasteiger partial charge in [-0.2, -0.15) is 0 Å². The number of rotatable bonds is 7. The first-order valence-electron chi connectivity index (χ1n) is 11.2. The molecule has 0 aliphatic carbocycles. The Bertz CT molecular complexity index is 1400. The van der Waals surface area contributed by atoms with Gasteiger partial charge in [-0.15, -0.1) is 0 Å². The standard InChI is InChI=1S/C27H25N5O2/c1-17(2)29-25(33)16-34-22-7-5-6-18(13-22)26-31-24-9-4-3-8-23(24)27(32-26)30-21-11-10-19-14-28-15-20(19)12-21/h3-13,15,17H,14,16H2,1-2H3,(H,29,33)(H,30,31,32). The highest BCUT2D eigenvalue weighted by Crippen LogP contribution is 2.29. The molecule has 2 heterocycles. The van der Waals surface area contributed by atoms with Gasteiger partial charge in [0.2, 0.25) is 0 Å². The van der Waals surface area contributed by atoms with Crippen LogP contribution in [0.4, 0.5) is 11.5 Å². The van der Waals surface area contributed by atoms with Gasteiger partial charge in [0.25, 0.3) is 5.91 Å². The topological polar surface area (TPSA) is 88.5 Å². The van der Waals surface area contributed by atoms with E-state index in [1.54, 1.807) is 0 Å². The number of nitrogens with zero attached hydrogens (tertiary/aromatic N) is 3. The van der Waals surface area contributed by atoms with Gasteiger partial charge in [0, 0.05) is 28.9 Å². The average molecular weight is 452 g/mol. The molecule has 0 fully saturated rings. The van der Waals surface area contributed by atoms with Crippen LogP contribution >= 0.6 is 0 Å². The number of aliphatic imine (C=N–C) groups is 1. The van der Waals surface area contributed by atoms with Gasteiger partial charge in [-0.1, -0.05) is 30.3 Å². The van der Waals surface area contributed by atoms with Crippen molar-refractivity contribution in [2.24, 2.45) is 4.99 Å². The molecular weight excluding hydrogens is 426 g/mol. The van der Waals surface area contributed by atoms with Crippen LogP contribution in [0.3, 0.4) is 0 Å². The third-order valence-electron chi connectivity index (χ3n) is 5.42. The first kappa shape index (κ1) is 21.6. The lowest BCUT2D eigenvalue weighted by Crippen LogP contribution is -2.34. The predicted octanol–water partition coefficient (Wildman–Crippen LogP) is 4.88. The predicted molar refractivity (Wildman–Crippen MR) is 135 cm³/mol. The minimum Gasteiger partial charge on any atom is -0.484 e. The van der Waals surface area contributed by atoms with Crippen LogP contribution in [0.5, 0.6) is 5.75 Å². The Kier molecular flexibility index (Phi) is 5.91. The van der Waals surface area contributed by atoms with Gasteiger partial charge in [-0.3, -0.25) is 9.79 Å². The monoisotopic (exact) mass is 451 g/mol. The fourth-order valence-corrected chi connectivity index (χ4v) is 3.85. The summed E-state index contributed by atoms with van der Waals surface area (Å²) >= 11 is 0. The summed E-state index contributed by atoms with van der Waals surface area (Å²) in [7, 11) is 0. The molecule has 4 aromatic rings. The van der Waals surface area contributed by atoms with E-state index in [9.17, 15) is 4.79 Å². The summed E-state index contributed by atoms with van der Waals surface area (Å²) in [4.78, 5) is 25.9. The maximum Gasteiger partial charge on any atom is 0.258 e. The van der Waals surface area contributed by atoms with Crippen LogP contribution in [-0.4, -0.2) is 34.7 Å². The highest BCUT2D eigenvalue weighted by Gasteiger charge is 2.13. The molecule has 170 valence electrons. The summed E-state index contributed by atoms with van der Waals surface area (Å²) in [5.41, 5.74) is 4.92. The summed E-state index contributed by atoms with van der Waals surface area (Å²) in [5.74, 6) is 1.72. The smallest absolute Gasteiger partial charge is 0.258 e. The Hall–Kier alpha value is -4.26. The SMILES string of the molecule is CC(C)NC(=O)COc1cccc(-c2nc(Nc3ccc4c(c3)C=NC4)c3ccccc3n2)c1. The number of hydrogen-bond acceptors (Lipinski definition) is 6. The van der Waals surface area contributed by atoms with Crippen molar-refractivity contribution >= 4 is 34.5 Å². The van der Waals surface area contributed by atoms with E-state index in [2.05, 4.69) is 27.8 Å². The highest BCUT2D eigenvalue weighted by atomic mass is 16.5. The number of aromatic nitrogens is 2. The van der Waals surface area contributed by atoms with Crippen LogP contribution in [0.25, 0.3) is 22.3 Å². The van der Waals surface area contributed by atoms with Crippen molar-refractivity contribution < 1.29 is 9.53 Å². The Morgan fingerprint density at radius 3 is 2.79 bits per heavy atom. The second-order valence-corrected chi connectivity index (χ2v) is 8.46. The van der Waals surface area contributed by atoms with Crippen molar-refractivity contribution in [2.75, 3.05) is 11.9 Å². The lowest BCUT2D eigenvalue weighted by Gasteiger charge is -2.13. The van der Waals surface area contributed by atoms with E-state index in [1.807, 2.05) is 74.7 Å². The van der Waals surface area contributed by atoms with Crippen LogP contribution in [0.15, 0.2) is 71.7 Å². The maximum atomic E-state index is 11.9. The van der Waals surface area contributed by atoms with E-state index in [4.69, 9.17) is 14.7 Å². The minimum atomic E-state index is -0.159. The van der Waals surface area contributed by atoms with Crippen molar-refractivity contribution in [3.63, 3.8) is 0 Å². The molecule has 3 aromatic carbocycles. The Morgan fingerprint density at radius 1 is 1.03 bits per heavy atom. The number of hydrogen-bond donors (Lipinski definition) is 2. The number of ether oxygens (including phenoxy) is 1. The van der Waals surface area contributed by atoms with E-state index >= 15 is 0 Å². The van der Waals surface area contributed by atoms with Crippen molar-refractivity contribution in [3.05, 3.63) is 77.9 Å². The van der Waals surface area contributed by atoms with Crippen LogP contribution in [-0.2, 0) is 11.3 Å². The number of carbonyl (C=O) groups is 1. The van der Waals surface area contributed by atoms with Crippen LogP contribution in [0.1, 0.15) is 25.0 Å². The maximum absolute atomic E-state index is 11.9. The molecule has 1 amide bonds. The average Bonchev–Trinajstić information content (AvgIpc) is 3.30. The van der Waals surface area contributed by atoms with Crippen molar-refractivity contribution in [3.8, 4) is 17.1 Å². The minimum absolute atomic E-state index is 0.0470. The number of anilines is 2. The Labute approximate surface area is 197 Å². The summed E-state index contributed by atoms with van der Waals surface area (Å²) in [6.07, 6.45) is 1.90. The summed E-state index contributed by atoms with van der Waals surface area (Å²) in [5, 5.41) is 7.21. The zero-order valence-electron chi connectivity index (χ0n) is 19.1. The molecule has 0 bridgehead atoms. The molecule has 1 aromatic heterocycles. The van der Waals surface area contributed by atoms with Gasteiger partial charge in [0.15, 0.2) is 12.4 Å². The van der Waals surface area contributed by atoms with Crippen LogP contribution < -0.4 is 15.4 Å². The van der Waals surface area contributed by atoms with Crippen molar-refractivity contribution in [1.29, 1.82) is 0 Å². The van der Waals surface area contributed by atoms with Gasteiger partial charge >= 0.3 is 0 Å². The van der Waals surface area contributed by atoms with E-state index in [-0.39, 0.29) is 18.6 Å². The van der Waals surface area contributed by atoms with E-state index in [0.29, 0.717) is 11.6 Å². The molecule has 0 atom stereocenters. The van der Waals surface area contributed by atoms with Gasteiger partial charge < -0.3 is 15.4 Å². The van der Waals surface area contributed by atoms with Gasteiger partial charge in [-0.25, -0.2) is 9.97 Å². The molecule has 1 aliphatic rings. The number of amides is 1. The van der Waals surface area contributed by atoms with E-state index in [1.165, 1.54) is 5.56 Å². The third kappa shape index (κ3) is 4.73. The molecule has 1 aliphatic heterocycles. The molecule has 7 heteroatoms. The Morgan fingerprint density at radius 2 is 1.91 bits per heavy atom. The van der Waals surface area contributed by atoms with E-state index in [0.717, 1.165) is 40.1 Å². The molecule has 0 spiro atoms. The lowest BCUT2D eigenvalue weighted by atomic mass is 10.1. The zero-order valence-corrected chi connectivity index (χ0v) is 19.1. The fourth-order valence-electron chi connectivity index (χ4n) is 3.85. The first-order valence-corrected chi connectivity index (χ1v) is 11.2. The lowest BCUT2D eigenvalue weighted by molar-refractivity contribution is -0.123. The second-order valence-electron chi connectivity index (χ2n) is 8.46. The normalized spacial score (nSPS) is 12.1. The number of benzene rings is 3. The molecule has 0 unspecified atom stereocenters. The van der Waals surface area contributed by atoms with Gasteiger partial charge in [0.05, 0.1) is 12.1 Å². The summed E-state index contributed by atoms with van der Waals surface area (Å²) in [6.45, 7) is 4.51. The quantitative estimate of drug-likeness (QED) is 0.418. The molecule has 0 radical (unpaired) electrons. The zero-order chi connectivity index (χ0) is 23.5. The molecule has 0 saturated carbocycles. The van der Waals surface area contributed by atoms with Crippen molar-refractivity contribution in [2.45, 2.75) is 26.4 Å². The molecule has 7 nitrogen and oxygen atoms in total. The van der Waals surface area contributed by atoms with Gasteiger partial charge in [0.1, 0.15) is 11.6 Å². The number of para-hydroxylation sites is 1. The summed E-state index contributed by atoms with van der Waals surface area (Å²) in [6, 6.07) is 21.7. The second kappa shape index (κ2) is 9.31. The van der Waals surface area contributed by atoms with Crippen LogP contribution in [0.2, 0.25) is 0 Å². The molecule has 5 rings (SSSR count). The van der Waals surface area contributed by atoms with Crippen LogP contribution in [0, 0.1) is 0 Å². The Balaban J connectivity index is 1.45. The van der Waals surface area contributed by atoms with Gasteiger partial charge in [-0.05, 0) is 61.4 Å². The van der Waals surface area contributed by atoms with E-state index < -0.39 is 0 Å². The highest BCUT2D eigenvalue weighted by molar-refractivity contribution is 5.93. The fraction of sp³-hybridized carbons (Fsp3) is 0.185. The number of fused-ring (bicyclic) bond motifs is 2. The number of nitrogens with one attached hydrogen (secondary N) is 2. The molecular formula is C27H25N5O2. The first-order chi connectivity index (χ1) is 16.5. The largest absolute Gasteiger partial charge is 0.484 e.